The third kappa shape index (κ3) is 9.36. The van der Waals surface area contributed by atoms with Crippen molar-refractivity contribution < 1.29 is 43.5 Å². The molecule has 1 fully saturated rings. The van der Waals surface area contributed by atoms with E-state index in [1.165, 1.54) is 7.11 Å². The molecule has 1 saturated carbocycles. The number of methoxy groups -OCH3 is 4. The second-order valence-corrected chi connectivity index (χ2v) is 11.3. The van der Waals surface area contributed by atoms with Crippen LogP contribution in [-0.2, 0) is 28.5 Å². The number of carbonyl (C=O) groups is 2. The lowest BCUT2D eigenvalue weighted by atomic mass is 9.73. The van der Waals surface area contributed by atoms with Crippen molar-refractivity contribution in [3.63, 3.8) is 0 Å². The van der Waals surface area contributed by atoms with Gasteiger partial charge in [0.15, 0.2) is 6.10 Å². The number of nitrogens with one attached hydrogen (secondary N) is 1. The average Bonchev–Trinajstić information content (AvgIpc) is 2.91. The summed E-state index contributed by atoms with van der Waals surface area (Å²) in [6, 6.07) is -0.660. The third-order valence-corrected chi connectivity index (χ3v) is 8.35. The average molecular weight is 583 g/mol. The van der Waals surface area contributed by atoms with Crippen LogP contribution in [0.5, 0.6) is 0 Å². The van der Waals surface area contributed by atoms with Gasteiger partial charge < -0.3 is 44.9 Å². The van der Waals surface area contributed by atoms with Crippen LogP contribution in [0.25, 0.3) is 0 Å². The Labute approximate surface area is 244 Å². The molecule has 1 aliphatic heterocycles. The molecule has 4 unspecified atom stereocenters. The number of amides is 2. The van der Waals surface area contributed by atoms with E-state index in [-0.39, 0.29) is 36.4 Å². The molecule has 11 nitrogen and oxygen atoms in total. The predicted octanol–water partition coefficient (Wildman–Crippen LogP) is 2.25. The molecular formula is C30H50N2O9. The Hall–Kier alpha value is -2.28. The highest BCUT2D eigenvalue weighted by molar-refractivity contribution is 5.93. The van der Waals surface area contributed by atoms with E-state index in [9.17, 15) is 19.8 Å². The van der Waals surface area contributed by atoms with Crippen molar-refractivity contribution in [3.05, 3.63) is 35.5 Å². The number of primary amides is 1. The number of hydrogen-bond donors (Lipinski definition) is 4. The zero-order valence-electron chi connectivity index (χ0n) is 25.6. The molecule has 11 heteroatoms. The van der Waals surface area contributed by atoms with E-state index in [1.807, 2.05) is 26.8 Å². The Morgan fingerprint density at radius 2 is 1.63 bits per heavy atom. The molecule has 2 bridgehead atoms. The monoisotopic (exact) mass is 582 g/mol. The summed E-state index contributed by atoms with van der Waals surface area (Å²) in [7, 11) is 6.31. The van der Waals surface area contributed by atoms with Crippen LogP contribution in [0.2, 0.25) is 0 Å². The summed E-state index contributed by atoms with van der Waals surface area (Å²) in [6.07, 6.45) is 2.73. The van der Waals surface area contributed by atoms with Gasteiger partial charge in [0.1, 0.15) is 6.10 Å². The van der Waals surface area contributed by atoms with Gasteiger partial charge in [-0.1, -0.05) is 38.2 Å². The molecule has 2 amide bonds. The molecule has 0 radical (unpaired) electrons. The van der Waals surface area contributed by atoms with Crippen LogP contribution in [0.4, 0.5) is 4.79 Å². The molecule has 0 saturated heterocycles. The number of carbonyl (C=O) groups excluding carboxylic acids is 2. The second kappa shape index (κ2) is 16.4. The molecule has 1 heterocycles. The van der Waals surface area contributed by atoms with Gasteiger partial charge in [0.25, 0.3) is 0 Å². The van der Waals surface area contributed by atoms with Gasteiger partial charge in [-0.3, -0.25) is 4.79 Å². The van der Waals surface area contributed by atoms with Crippen molar-refractivity contribution in [2.75, 3.05) is 28.4 Å². The second-order valence-electron chi connectivity index (χ2n) is 11.3. The van der Waals surface area contributed by atoms with Crippen LogP contribution in [0, 0.1) is 17.8 Å². The lowest BCUT2D eigenvalue weighted by Crippen LogP contribution is -2.56. The third-order valence-electron chi connectivity index (χ3n) is 8.35. The number of nitrogens with two attached hydrogens (primary N) is 1. The highest BCUT2D eigenvalue weighted by atomic mass is 16.6. The molecule has 41 heavy (non-hydrogen) atoms. The van der Waals surface area contributed by atoms with Gasteiger partial charge in [0.05, 0.1) is 36.6 Å². The summed E-state index contributed by atoms with van der Waals surface area (Å²) in [5, 5.41) is 24.9. The minimum absolute atomic E-state index is 0.0992. The maximum atomic E-state index is 13.0. The van der Waals surface area contributed by atoms with Crippen molar-refractivity contribution in [2.24, 2.45) is 23.5 Å². The molecule has 0 aromatic carbocycles. The fraction of sp³-hybridized carbons (Fsp3) is 0.733. The summed E-state index contributed by atoms with van der Waals surface area (Å²) < 4.78 is 28.8. The summed E-state index contributed by atoms with van der Waals surface area (Å²) in [5.41, 5.74) is 6.48. The Kier molecular flexibility index (Phi) is 14.0. The van der Waals surface area contributed by atoms with Crippen LogP contribution in [-0.4, -0.2) is 99.4 Å². The SMILES string of the molecule is CO[C@H]1[C@@H](OC)C[C@H](C)[C@@H](OC)C2CC(O)CC(NC(=O)/C(C)=C/C=C\[C@H](OC)[C@@H](OC(N)=O)/C(C)=C/[C@@H]1C)C2O. The number of ether oxygens (including phenoxy) is 5. The standard InChI is InChI=1S/C30H50N2O9/c1-16-10-9-11-23(37-5)28(41-30(31)36)18(3)12-17(2)27(40-8)24(38-6)13-19(4)26(39-7)21-14-20(33)15-22(25(21)34)32-29(16)35/h9-12,17,19-28,33-34H,13-15H2,1-8H3,(H2,31,36)(H,32,35)/b11-9-,16-10+,18-12+/t17-,19-,20?,21?,22?,23-,24-,25?,26+,27+,28-/m0/s1. The van der Waals surface area contributed by atoms with Gasteiger partial charge >= 0.3 is 6.09 Å². The Bertz CT molecular complexity index is 952. The number of hydrogen-bond acceptors (Lipinski definition) is 9. The van der Waals surface area contributed by atoms with E-state index in [2.05, 4.69) is 5.32 Å². The van der Waals surface area contributed by atoms with Gasteiger partial charge in [-0.05, 0) is 44.6 Å². The molecule has 11 atom stereocenters. The Balaban J connectivity index is 2.60. The normalized spacial score (nSPS) is 41.3. The van der Waals surface area contributed by atoms with Crippen LogP contribution in [0.15, 0.2) is 35.5 Å². The fourth-order valence-electron chi connectivity index (χ4n) is 6.27. The van der Waals surface area contributed by atoms with E-state index < -0.39 is 48.6 Å². The number of aliphatic hydroxyl groups is 2. The maximum absolute atomic E-state index is 13.0. The lowest BCUT2D eigenvalue weighted by molar-refractivity contribution is -0.127. The van der Waals surface area contributed by atoms with Crippen molar-refractivity contribution in [1.82, 2.24) is 5.32 Å². The van der Waals surface area contributed by atoms with Gasteiger partial charge in [0.2, 0.25) is 5.91 Å². The molecule has 234 valence electrons. The first-order chi connectivity index (χ1) is 19.4. The molecule has 5 N–H and O–H groups in total. The van der Waals surface area contributed by atoms with Crippen molar-refractivity contribution in [1.29, 1.82) is 0 Å². The van der Waals surface area contributed by atoms with Crippen molar-refractivity contribution in [2.45, 2.75) is 95.7 Å². The van der Waals surface area contributed by atoms with Gasteiger partial charge in [0, 0.05) is 45.8 Å². The van der Waals surface area contributed by atoms with Gasteiger partial charge in [-0.25, -0.2) is 4.79 Å². The quantitative estimate of drug-likeness (QED) is 0.357. The van der Waals surface area contributed by atoms with Crippen LogP contribution in [0.3, 0.4) is 0 Å². The van der Waals surface area contributed by atoms with Gasteiger partial charge in [-0.15, -0.1) is 0 Å². The topological polar surface area (TPSA) is 159 Å². The Morgan fingerprint density at radius 1 is 0.976 bits per heavy atom. The smallest absolute Gasteiger partial charge is 0.405 e. The molecule has 2 rings (SSSR count). The van der Waals surface area contributed by atoms with Crippen LogP contribution >= 0.6 is 0 Å². The number of aliphatic hydroxyl groups excluding tert-OH is 2. The zero-order chi connectivity index (χ0) is 30.9. The van der Waals surface area contributed by atoms with Gasteiger partial charge in [-0.2, -0.15) is 0 Å². The van der Waals surface area contributed by atoms with Crippen molar-refractivity contribution >= 4 is 12.0 Å². The van der Waals surface area contributed by atoms with Crippen LogP contribution in [0.1, 0.15) is 47.0 Å². The number of allylic oxidation sites excluding steroid dienone is 2. The zero-order valence-corrected chi connectivity index (χ0v) is 25.6. The first-order valence-corrected chi connectivity index (χ1v) is 14.2. The summed E-state index contributed by atoms with van der Waals surface area (Å²) in [5.74, 6) is -1.06. The maximum Gasteiger partial charge on any atom is 0.405 e. The highest BCUT2D eigenvalue weighted by Gasteiger charge is 2.43. The largest absolute Gasteiger partial charge is 0.439 e. The lowest BCUT2D eigenvalue weighted by Gasteiger charge is -2.43. The first-order valence-electron chi connectivity index (χ1n) is 14.2. The molecule has 1 aliphatic carbocycles. The minimum Gasteiger partial charge on any atom is -0.439 e. The van der Waals surface area contributed by atoms with Crippen LogP contribution < -0.4 is 11.1 Å². The summed E-state index contributed by atoms with van der Waals surface area (Å²) in [6.45, 7) is 7.47. The fourth-order valence-corrected chi connectivity index (χ4v) is 6.27. The number of rotatable bonds is 5. The minimum atomic E-state index is -0.945. The van der Waals surface area contributed by atoms with E-state index >= 15 is 0 Å². The molecule has 0 spiro atoms. The first kappa shape index (κ1) is 34.9. The molecule has 2 aliphatic rings. The highest BCUT2D eigenvalue weighted by Crippen LogP contribution is 2.35. The van der Waals surface area contributed by atoms with Crippen molar-refractivity contribution in [3.8, 4) is 0 Å². The van der Waals surface area contributed by atoms with E-state index in [1.54, 1.807) is 46.5 Å². The Morgan fingerprint density at radius 3 is 2.20 bits per heavy atom. The molecular weight excluding hydrogens is 532 g/mol. The van der Waals surface area contributed by atoms with E-state index in [0.717, 1.165) is 0 Å². The van der Waals surface area contributed by atoms with E-state index in [4.69, 9.17) is 29.4 Å². The summed E-state index contributed by atoms with van der Waals surface area (Å²) >= 11 is 0. The molecule has 0 aromatic rings. The summed E-state index contributed by atoms with van der Waals surface area (Å²) in [4.78, 5) is 24.8. The number of fused-ring (bicyclic) bond motifs is 2. The predicted molar refractivity (Wildman–Crippen MR) is 154 cm³/mol. The molecule has 0 aromatic heterocycles. The van der Waals surface area contributed by atoms with E-state index in [0.29, 0.717) is 24.0 Å².